The Kier molecular flexibility index (Phi) is 8.93. The van der Waals surface area contributed by atoms with E-state index in [2.05, 4.69) is 9.88 Å². The molecule has 0 aliphatic carbocycles. The Hall–Kier alpha value is -1.95. The van der Waals surface area contributed by atoms with Gasteiger partial charge in [0.25, 0.3) is 0 Å². The first-order chi connectivity index (χ1) is 14.2. The molecule has 0 bridgehead atoms. The molecule has 1 saturated heterocycles. The number of benzene rings is 1. The van der Waals surface area contributed by atoms with Gasteiger partial charge in [-0.3, -0.25) is 14.7 Å². The molecular weight excluding hydrogens is 386 g/mol. The molecule has 1 fully saturated rings. The summed E-state index contributed by atoms with van der Waals surface area (Å²) in [5.41, 5.74) is 2.34. The fraction of sp³-hybridized carbons (Fsp3) is 0.478. The first-order valence-electron chi connectivity index (χ1n) is 10.4. The van der Waals surface area contributed by atoms with Crippen molar-refractivity contribution in [3.63, 3.8) is 0 Å². The number of rotatable bonds is 10. The molecule has 1 aromatic heterocycles. The molecule has 0 N–H and O–H groups in total. The summed E-state index contributed by atoms with van der Waals surface area (Å²) in [5.74, 6) is 0.220. The number of nitrogens with zero attached hydrogens (tertiary/aromatic N) is 3. The highest BCUT2D eigenvalue weighted by Gasteiger charge is 2.15. The fourth-order valence-electron chi connectivity index (χ4n) is 3.56. The summed E-state index contributed by atoms with van der Waals surface area (Å²) in [4.78, 5) is 21.4. The van der Waals surface area contributed by atoms with Gasteiger partial charge < -0.3 is 9.64 Å². The zero-order chi connectivity index (χ0) is 20.3. The van der Waals surface area contributed by atoms with E-state index < -0.39 is 0 Å². The molecule has 6 heteroatoms. The van der Waals surface area contributed by atoms with Crippen LogP contribution in [0.15, 0.2) is 48.8 Å². The predicted molar refractivity (Wildman–Crippen MR) is 116 cm³/mol. The van der Waals surface area contributed by atoms with Crippen LogP contribution in [0, 0.1) is 0 Å². The van der Waals surface area contributed by atoms with Crippen LogP contribution in [0.4, 0.5) is 0 Å². The van der Waals surface area contributed by atoms with Gasteiger partial charge in [0.15, 0.2) is 0 Å². The van der Waals surface area contributed by atoms with E-state index in [1.54, 1.807) is 12.4 Å². The standard InChI is InChI=1S/C23H30ClN3O2/c24-22-7-5-20(6-8-22)3-1-4-23(28)27(19-21-9-11-25-12-10-21)14-2-13-26-15-17-29-18-16-26/h5-12H,1-4,13-19H2. The van der Waals surface area contributed by atoms with E-state index in [4.69, 9.17) is 16.3 Å². The number of ether oxygens (including phenoxy) is 1. The number of hydrogen-bond donors (Lipinski definition) is 0. The Morgan fingerprint density at radius 3 is 2.48 bits per heavy atom. The van der Waals surface area contributed by atoms with Gasteiger partial charge >= 0.3 is 0 Å². The zero-order valence-corrected chi connectivity index (χ0v) is 17.7. The molecule has 2 heterocycles. The number of amides is 1. The highest BCUT2D eigenvalue weighted by Crippen LogP contribution is 2.13. The van der Waals surface area contributed by atoms with Crippen molar-refractivity contribution in [2.45, 2.75) is 32.2 Å². The molecule has 5 nitrogen and oxygen atoms in total. The minimum absolute atomic E-state index is 0.220. The second-order valence-corrected chi connectivity index (χ2v) is 7.89. The number of carbonyl (C=O) groups is 1. The molecule has 0 unspecified atom stereocenters. The van der Waals surface area contributed by atoms with Crippen LogP contribution in [0.3, 0.4) is 0 Å². The predicted octanol–water partition coefficient (Wildman–Crippen LogP) is 3.81. The molecule has 1 aliphatic heterocycles. The van der Waals surface area contributed by atoms with E-state index >= 15 is 0 Å². The van der Waals surface area contributed by atoms with Gasteiger partial charge in [0.05, 0.1) is 13.2 Å². The Labute approximate surface area is 178 Å². The lowest BCUT2D eigenvalue weighted by molar-refractivity contribution is -0.132. The minimum Gasteiger partial charge on any atom is -0.379 e. The Bertz CT molecular complexity index is 734. The van der Waals surface area contributed by atoms with Crippen molar-refractivity contribution in [1.82, 2.24) is 14.8 Å². The van der Waals surface area contributed by atoms with Gasteiger partial charge in [-0.05, 0) is 54.7 Å². The molecule has 156 valence electrons. The molecule has 0 radical (unpaired) electrons. The lowest BCUT2D eigenvalue weighted by Gasteiger charge is -2.28. The van der Waals surface area contributed by atoms with E-state index in [0.717, 1.165) is 69.2 Å². The van der Waals surface area contributed by atoms with Gasteiger partial charge in [-0.25, -0.2) is 0 Å². The molecule has 2 aromatic rings. The van der Waals surface area contributed by atoms with Crippen LogP contribution < -0.4 is 0 Å². The van der Waals surface area contributed by atoms with Gasteiger partial charge in [-0.2, -0.15) is 0 Å². The third-order valence-corrected chi connectivity index (χ3v) is 5.50. The first kappa shape index (κ1) is 21.8. The highest BCUT2D eigenvalue weighted by atomic mass is 35.5. The molecule has 0 saturated carbocycles. The average Bonchev–Trinajstić information content (AvgIpc) is 2.76. The number of halogens is 1. The van der Waals surface area contributed by atoms with Crippen LogP contribution in [0.25, 0.3) is 0 Å². The molecule has 1 amide bonds. The summed E-state index contributed by atoms with van der Waals surface area (Å²) in [5, 5.41) is 0.744. The van der Waals surface area contributed by atoms with Crippen LogP contribution in [0.2, 0.25) is 5.02 Å². The summed E-state index contributed by atoms with van der Waals surface area (Å²) in [7, 11) is 0. The summed E-state index contributed by atoms with van der Waals surface area (Å²) in [6.45, 7) is 6.02. The molecule has 1 aromatic carbocycles. The van der Waals surface area contributed by atoms with Crippen LogP contribution in [0.5, 0.6) is 0 Å². The van der Waals surface area contributed by atoms with Gasteiger partial charge in [0.1, 0.15) is 0 Å². The fourth-order valence-corrected chi connectivity index (χ4v) is 3.69. The van der Waals surface area contributed by atoms with Crippen LogP contribution in [0.1, 0.15) is 30.4 Å². The summed E-state index contributed by atoms with van der Waals surface area (Å²) in [6, 6.07) is 11.8. The van der Waals surface area contributed by atoms with E-state index in [0.29, 0.717) is 13.0 Å². The average molecular weight is 416 g/mol. The molecule has 29 heavy (non-hydrogen) atoms. The minimum atomic E-state index is 0.220. The second-order valence-electron chi connectivity index (χ2n) is 7.46. The molecular formula is C23H30ClN3O2. The third kappa shape index (κ3) is 7.77. The van der Waals surface area contributed by atoms with E-state index in [-0.39, 0.29) is 5.91 Å². The van der Waals surface area contributed by atoms with Gasteiger partial charge in [0, 0.05) is 56.6 Å². The monoisotopic (exact) mass is 415 g/mol. The van der Waals surface area contributed by atoms with Crippen LogP contribution in [-0.2, 0) is 22.5 Å². The largest absolute Gasteiger partial charge is 0.379 e. The summed E-state index contributed by atoms with van der Waals surface area (Å²) >= 11 is 5.94. The normalized spacial score (nSPS) is 14.7. The van der Waals surface area contributed by atoms with Crippen LogP contribution >= 0.6 is 11.6 Å². The van der Waals surface area contributed by atoms with Crippen molar-refractivity contribution < 1.29 is 9.53 Å². The maximum atomic E-state index is 12.9. The number of hydrogen-bond acceptors (Lipinski definition) is 4. The maximum absolute atomic E-state index is 12.9. The smallest absolute Gasteiger partial charge is 0.222 e. The Morgan fingerprint density at radius 1 is 1.03 bits per heavy atom. The van der Waals surface area contributed by atoms with Crippen molar-refractivity contribution in [3.05, 3.63) is 64.9 Å². The van der Waals surface area contributed by atoms with Crippen molar-refractivity contribution in [2.75, 3.05) is 39.4 Å². The quantitative estimate of drug-likeness (QED) is 0.592. The van der Waals surface area contributed by atoms with Crippen LogP contribution in [-0.4, -0.2) is 60.1 Å². The molecule has 3 rings (SSSR count). The molecule has 0 spiro atoms. The lowest BCUT2D eigenvalue weighted by Crippen LogP contribution is -2.39. The van der Waals surface area contributed by atoms with Crippen molar-refractivity contribution in [1.29, 1.82) is 0 Å². The summed E-state index contributed by atoms with van der Waals surface area (Å²) in [6.07, 6.45) is 6.84. The zero-order valence-electron chi connectivity index (χ0n) is 16.9. The Morgan fingerprint density at radius 2 is 1.76 bits per heavy atom. The van der Waals surface area contributed by atoms with Crippen molar-refractivity contribution >= 4 is 17.5 Å². The van der Waals surface area contributed by atoms with Gasteiger partial charge in [-0.1, -0.05) is 23.7 Å². The second kappa shape index (κ2) is 11.9. The number of aryl methyl sites for hydroxylation is 1. The number of aromatic nitrogens is 1. The number of morpholine rings is 1. The van der Waals surface area contributed by atoms with E-state index in [1.807, 2.05) is 41.3 Å². The topological polar surface area (TPSA) is 45.7 Å². The van der Waals surface area contributed by atoms with E-state index in [9.17, 15) is 4.79 Å². The highest BCUT2D eigenvalue weighted by molar-refractivity contribution is 6.30. The first-order valence-corrected chi connectivity index (χ1v) is 10.8. The van der Waals surface area contributed by atoms with E-state index in [1.165, 1.54) is 5.56 Å². The van der Waals surface area contributed by atoms with Gasteiger partial charge in [-0.15, -0.1) is 0 Å². The Balaban J connectivity index is 1.49. The number of pyridine rings is 1. The van der Waals surface area contributed by atoms with Gasteiger partial charge in [0.2, 0.25) is 5.91 Å². The summed E-state index contributed by atoms with van der Waals surface area (Å²) < 4.78 is 5.41. The lowest BCUT2D eigenvalue weighted by atomic mass is 10.1. The third-order valence-electron chi connectivity index (χ3n) is 5.25. The number of carbonyl (C=O) groups excluding carboxylic acids is 1. The van der Waals surface area contributed by atoms with Crippen molar-refractivity contribution in [3.8, 4) is 0 Å². The molecule has 0 atom stereocenters. The SMILES string of the molecule is O=C(CCCc1ccc(Cl)cc1)N(CCCN1CCOCC1)Cc1ccncc1. The maximum Gasteiger partial charge on any atom is 0.222 e. The van der Waals surface area contributed by atoms with Crippen molar-refractivity contribution in [2.24, 2.45) is 0 Å². The molecule has 1 aliphatic rings.